The van der Waals surface area contributed by atoms with Gasteiger partial charge in [0.05, 0.1) is 4.90 Å². The second kappa shape index (κ2) is 6.86. The van der Waals surface area contributed by atoms with E-state index >= 15 is 0 Å². The molecular formula is C19H18FN3O3S. The number of sulfonamides is 1. The summed E-state index contributed by atoms with van der Waals surface area (Å²) in [7, 11) is -3.46. The topological polar surface area (TPSA) is 76.3 Å². The zero-order valence-electron chi connectivity index (χ0n) is 14.7. The third kappa shape index (κ3) is 3.38. The Hall–Kier alpha value is -2.58. The summed E-state index contributed by atoms with van der Waals surface area (Å²) < 4.78 is 45.6. The van der Waals surface area contributed by atoms with E-state index in [1.165, 1.54) is 10.4 Å². The fraction of sp³-hybridized carbons (Fsp3) is 0.263. The molecular weight excluding hydrogens is 369 g/mol. The monoisotopic (exact) mass is 387 g/mol. The number of rotatable bonds is 4. The standard InChI is InChI=1S/C19H18FN3O3S/c1-13-4-5-15(12-17(13)20)19-21-18(22-26-19)14-6-8-16(9-7-14)27(24,25)23-10-2-3-11-23/h4-9,12H,2-3,10-11H2,1H3. The summed E-state index contributed by atoms with van der Waals surface area (Å²) in [5, 5.41) is 3.92. The largest absolute Gasteiger partial charge is 0.334 e. The maximum atomic E-state index is 13.7. The molecule has 140 valence electrons. The Morgan fingerprint density at radius 3 is 2.37 bits per heavy atom. The van der Waals surface area contributed by atoms with E-state index < -0.39 is 10.0 Å². The van der Waals surface area contributed by atoms with Gasteiger partial charge in [-0.3, -0.25) is 0 Å². The lowest BCUT2D eigenvalue weighted by atomic mass is 10.1. The van der Waals surface area contributed by atoms with Crippen molar-refractivity contribution < 1.29 is 17.3 Å². The summed E-state index contributed by atoms with van der Waals surface area (Å²) in [6.07, 6.45) is 1.78. The molecule has 0 aliphatic carbocycles. The molecule has 3 aromatic rings. The van der Waals surface area contributed by atoms with Crippen molar-refractivity contribution >= 4 is 10.0 Å². The fourth-order valence-corrected chi connectivity index (χ4v) is 4.55. The Morgan fingerprint density at radius 2 is 1.70 bits per heavy atom. The highest BCUT2D eigenvalue weighted by Crippen LogP contribution is 2.26. The summed E-state index contributed by atoms with van der Waals surface area (Å²) in [4.78, 5) is 4.53. The SMILES string of the molecule is Cc1ccc(-c2nc(-c3ccc(S(=O)(=O)N4CCCC4)cc3)no2)cc1F. The lowest BCUT2D eigenvalue weighted by molar-refractivity contribution is 0.432. The number of aryl methyl sites for hydroxylation is 1. The van der Waals surface area contributed by atoms with Crippen LogP contribution >= 0.6 is 0 Å². The van der Waals surface area contributed by atoms with Gasteiger partial charge in [0.15, 0.2) is 0 Å². The first-order chi connectivity index (χ1) is 12.9. The van der Waals surface area contributed by atoms with Gasteiger partial charge in [0.25, 0.3) is 5.89 Å². The van der Waals surface area contributed by atoms with Crippen LogP contribution in [0.3, 0.4) is 0 Å². The Bertz CT molecular complexity index is 1070. The van der Waals surface area contributed by atoms with Crippen LogP contribution in [0.15, 0.2) is 51.9 Å². The molecule has 6 nitrogen and oxygen atoms in total. The van der Waals surface area contributed by atoms with E-state index in [0.29, 0.717) is 35.6 Å². The summed E-state index contributed by atoms with van der Waals surface area (Å²) in [5.41, 5.74) is 1.65. The number of aromatic nitrogens is 2. The number of nitrogens with zero attached hydrogens (tertiary/aromatic N) is 3. The maximum absolute atomic E-state index is 13.7. The second-order valence-corrected chi connectivity index (χ2v) is 8.46. The highest BCUT2D eigenvalue weighted by atomic mass is 32.2. The van der Waals surface area contributed by atoms with Crippen molar-refractivity contribution in [3.63, 3.8) is 0 Å². The number of hydrogen-bond donors (Lipinski definition) is 0. The molecule has 4 rings (SSSR count). The first-order valence-corrected chi connectivity index (χ1v) is 10.1. The number of hydrogen-bond acceptors (Lipinski definition) is 5. The minimum absolute atomic E-state index is 0.206. The molecule has 2 aromatic carbocycles. The third-order valence-electron chi connectivity index (χ3n) is 4.66. The molecule has 0 unspecified atom stereocenters. The molecule has 0 atom stereocenters. The van der Waals surface area contributed by atoms with Crippen molar-refractivity contribution in [2.24, 2.45) is 0 Å². The van der Waals surface area contributed by atoms with E-state index in [1.54, 1.807) is 43.3 Å². The quantitative estimate of drug-likeness (QED) is 0.683. The van der Waals surface area contributed by atoms with E-state index in [2.05, 4.69) is 10.1 Å². The van der Waals surface area contributed by atoms with Gasteiger partial charge in [0.2, 0.25) is 15.8 Å². The molecule has 0 radical (unpaired) electrons. The molecule has 8 heteroatoms. The molecule has 0 amide bonds. The minimum atomic E-state index is -3.46. The van der Waals surface area contributed by atoms with Gasteiger partial charge in [-0.25, -0.2) is 12.8 Å². The summed E-state index contributed by atoms with van der Waals surface area (Å²) in [6, 6.07) is 11.1. The predicted octanol–water partition coefficient (Wildman–Crippen LogP) is 3.64. The Kier molecular flexibility index (Phi) is 4.53. The van der Waals surface area contributed by atoms with Crippen molar-refractivity contribution in [2.75, 3.05) is 13.1 Å². The first-order valence-electron chi connectivity index (χ1n) is 8.66. The number of benzene rings is 2. The van der Waals surface area contributed by atoms with Crippen LogP contribution in [0.1, 0.15) is 18.4 Å². The molecule has 0 N–H and O–H groups in total. The van der Waals surface area contributed by atoms with Crippen LogP contribution in [0, 0.1) is 12.7 Å². The smallest absolute Gasteiger partial charge is 0.258 e. The van der Waals surface area contributed by atoms with Crippen LogP contribution in [0.25, 0.3) is 22.8 Å². The highest BCUT2D eigenvalue weighted by Gasteiger charge is 2.27. The predicted molar refractivity (Wildman–Crippen MR) is 97.9 cm³/mol. The van der Waals surface area contributed by atoms with Crippen molar-refractivity contribution in [3.8, 4) is 22.8 Å². The summed E-state index contributed by atoms with van der Waals surface area (Å²) in [6.45, 7) is 2.80. The van der Waals surface area contributed by atoms with Crippen molar-refractivity contribution in [2.45, 2.75) is 24.7 Å². The molecule has 1 aliphatic rings. The minimum Gasteiger partial charge on any atom is -0.334 e. The van der Waals surface area contributed by atoms with E-state index in [9.17, 15) is 12.8 Å². The zero-order valence-corrected chi connectivity index (χ0v) is 15.5. The van der Waals surface area contributed by atoms with Crippen LogP contribution in [0.2, 0.25) is 0 Å². The van der Waals surface area contributed by atoms with Crippen LogP contribution in [0.4, 0.5) is 4.39 Å². The van der Waals surface area contributed by atoms with Gasteiger partial charge in [-0.2, -0.15) is 9.29 Å². The van der Waals surface area contributed by atoms with Gasteiger partial charge in [-0.1, -0.05) is 11.2 Å². The molecule has 0 spiro atoms. The Morgan fingerprint density at radius 1 is 1.04 bits per heavy atom. The van der Waals surface area contributed by atoms with Gasteiger partial charge >= 0.3 is 0 Å². The summed E-state index contributed by atoms with van der Waals surface area (Å²) in [5.74, 6) is 0.178. The van der Waals surface area contributed by atoms with E-state index in [0.717, 1.165) is 12.8 Å². The normalized spacial score (nSPS) is 15.3. The van der Waals surface area contributed by atoms with Gasteiger partial charge in [0.1, 0.15) is 5.82 Å². The lowest BCUT2D eigenvalue weighted by Crippen LogP contribution is -2.27. The molecule has 1 aromatic heterocycles. The van der Waals surface area contributed by atoms with Crippen LogP contribution in [-0.4, -0.2) is 36.0 Å². The van der Waals surface area contributed by atoms with E-state index in [1.807, 2.05) is 0 Å². The lowest BCUT2D eigenvalue weighted by Gasteiger charge is -2.15. The molecule has 0 saturated carbocycles. The molecule has 1 saturated heterocycles. The maximum Gasteiger partial charge on any atom is 0.258 e. The van der Waals surface area contributed by atoms with Crippen LogP contribution in [-0.2, 0) is 10.0 Å². The average molecular weight is 387 g/mol. The Balaban J connectivity index is 1.59. The average Bonchev–Trinajstić information content (AvgIpc) is 3.36. The van der Waals surface area contributed by atoms with Gasteiger partial charge in [-0.15, -0.1) is 0 Å². The Labute approximate surface area is 156 Å². The molecule has 1 fully saturated rings. The summed E-state index contributed by atoms with van der Waals surface area (Å²) >= 11 is 0. The van der Waals surface area contributed by atoms with Gasteiger partial charge in [0, 0.05) is 24.2 Å². The molecule has 0 bridgehead atoms. The fourth-order valence-electron chi connectivity index (χ4n) is 3.04. The molecule has 1 aliphatic heterocycles. The second-order valence-electron chi connectivity index (χ2n) is 6.52. The van der Waals surface area contributed by atoms with Crippen molar-refractivity contribution in [1.82, 2.24) is 14.4 Å². The first kappa shape index (κ1) is 17.8. The molecule has 2 heterocycles. The highest BCUT2D eigenvalue weighted by molar-refractivity contribution is 7.89. The van der Waals surface area contributed by atoms with E-state index in [4.69, 9.17) is 4.52 Å². The van der Waals surface area contributed by atoms with E-state index in [-0.39, 0.29) is 16.6 Å². The van der Waals surface area contributed by atoms with Crippen LogP contribution in [0.5, 0.6) is 0 Å². The molecule has 27 heavy (non-hydrogen) atoms. The van der Waals surface area contributed by atoms with Crippen LogP contribution < -0.4 is 0 Å². The number of halogens is 1. The van der Waals surface area contributed by atoms with Crippen molar-refractivity contribution in [3.05, 3.63) is 53.8 Å². The third-order valence-corrected chi connectivity index (χ3v) is 6.57. The zero-order chi connectivity index (χ0) is 19.0. The van der Waals surface area contributed by atoms with Gasteiger partial charge in [-0.05, 0) is 61.7 Å². The van der Waals surface area contributed by atoms with Gasteiger partial charge < -0.3 is 4.52 Å². The van der Waals surface area contributed by atoms with Crippen molar-refractivity contribution in [1.29, 1.82) is 0 Å².